The van der Waals surface area contributed by atoms with Crippen molar-refractivity contribution < 1.29 is 10.0 Å². The van der Waals surface area contributed by atoms with Gasteiger partial charge in [0, 0.05) is 6.04 Å². The van der Waals surface area contributed by atoms with Crippen LogP contribution in [-0.2, 0) is 11.2 Å². The number of oxime groups is 1. The van der Waals surface area contributed by atoms with Crippen LogP contribution in [0, 0.1) is 11.3 Å². The van der Waals surface area contributed by atoms with Gasteiger partial charge in [0.1, 0.15) is 5.41 Å². The van der Waals surface area contributed by atoms with Gasteiger partial charge in [0.2, 0.25) is 5.91 Å². The molecule has 5 nitrogen and oxygen atoms in total. The minimum atomic E-state index is -0.834. The van der Waals surface area contributed by atoms with Crippen LogP contribution >= 0.6 is 0 Å². The van der Waals surface area contributed by atoms with Gasteiger partial charge in [-0.3, -0.25) is 4.79 Å². The van der Waals surface area contributed by atoms with Crippen LogP contribution in [0.15, 0.2) is 35.5 Å². The monoisotopic (exact) mass is 289 g/mol. The number of nitrogens with two attached hydrogens (primary N) is 1. The summed E-state index contributed by atoms with van der Waals surface area (Å²) in [5, 5.41) is 15.0. The highest BCUT2D eigenvalue weighted by molar-refractivity contribution is 6.07. The van der Waals surface area contributed by atoms with Crippen molar-refractivity contribution in [3.05, 3.63) is 35.9 Å². The molecule has 0 saturated heterocycles. The van der Waals surface area contributed by atoms with Crippen LogP contribution in [0.3, 0.4) is 0 Å². The predicted molar refractivity (Wildman–Crippen MR) is 82.0 cm³/mol. The van der Waals surface area contributed by atoms with E-state index in [4.69, 9.17) is 10.9 Å². The molecule has 1 amide bonds. The van der Waals surface area contributed by atoms with Gasteiger partial charge in [-0.05, 0) is 37.7 Å². The highest BCUT2D eigenvalue weighted by Gasteiger charge is 2.52. The molecular formula is C16H23N3O2. The number of benzene rings is 1. The molecule has 0 heterocycles. The van der Waals surface area contributed by atoms with E-state index in [0.29, 0.717) is 18.8 Å². The van der Waals surface area contributed by atoms with Crippen molar-refractivity contribution in [2.75, 3.05) is 0 Å². The maximum absolute atomic E-state index is 12.5. The Hall–Kier alpha value is -2.04. The van der Waals surface area contributed by atoms with Crippen LogP contribution in [0.25, 0.3) is 0 Å². The lowest BCUT2D eigenvalue weighted by Crippen LogP contribution is -2.58. The molecule has 21 heavy (non-hydrogen) atoms. The number of nitrogens with zero attached hydrogens (tertiary/aromatic N) is 1. The van der Waals surface area contributed by atoms with Gasteiger partial charge in [0.25, 0.3) is 0 Å². The number of nitrogens with one attached hydrogen (secondary N) is 1. The molecule has 1 saturated carbocycles. The van der Waals surface area contributed by atoms with Gasteiger partial charge in [-0.15, -0.1) is 0 Å². The first-order valence-electron chi connectivity index (χ1n) is 7.31. The van der Waals surface area contributed by atoms with Gasteiger partial charge in [0.05, 0.1) is 0 Å². The summed E-state index contributed by atoms with van der Waals surface area (Å²) in [5.74, 6) is 0.296. The maximum Gasteiger partial charge on any atom is 0.234 e. The molecule has 0 aromatic heterocycles. The fourth-order valence-corrected chi connectivity index (χ4v) is 3.12. The number of rotatable bonds is 5. The number of carbonyl (C=O) groups excluding carboxylic acids is 1. The number of carbonyl (C=O) groups is 1. The predicted octanol–water partition coefficient (Wildman–Crippen LogP) is 1.90. The minimum Gasteiger partial charge on any atom is -0.409 e. The quantitative estimate of drug-likeness (QED) is 0.335. The zero-order chi connectivity index (χ0) is 15.5. The highest BCUT2D eigenvalue weighted by atomic mass is 16.4. The van der Waals surface area contributed by atoms with E-state index in [0.717, 1.165) is 6.42 Å². The Kier molecular flexibility index (Phi) is 4.50. The lowest BCUT2D eigenvalue weighted by molar-refractivity contribution is -0.133. The van der Waals surface area contributed by atoms with E-state index >= 15 is 0 Å². The van der Waals surface area contributed by atoms with E-state index < -0.39 is 5.41 Å². The van der Waals surface area contributed by atoms with Crippen LogP contribution in [0.4, 0.5) is 0 Å². The molecule has 1 aliphatic carbocycles. The normalized spacial score (nSPS) is 26.8. The number of hydrogen-bond donors (Lipinski definition) is 3. The average molecular weight is 289 g/mol. The fourth-order valence-electron chi connectivity index (χ4n) is 3.12. The molecule has 0 aliphatic heterocycles. The third-order valence-electron chi connectivity index (χ3n) is 4.19. The Balaban J connectivity index is 2.00. The van der Waals surface area contributed by atoms with E-state index in [2.05, 4.69) is 17.4 Å². The smallest absolute Gasteiger partial charge is 0.234 e. The second-order valence-corrected chi connectivity index (χ2v) is 6.14. The Labute approximate surface area is 125 Å². The SMILES string of the molecule is CC1CC(C(=O)NC(C)Cc2ccccc2)(/C(N)=N/O)C1. The summed E-state index contributed by atoms with van der Waals surface area (Å²) in [6.07, 6.45) is 2.02. The molecule has 0 radical (unpaired) electrons. The topological polar surface area (TPSA) is 87.7 Å². The second-order valence-electron chi connectivity index (χ2n) is 6.14. The highest BCUT2D eigenvalue weighted by Crippen LogP contribution is 2.45. The molecule has 2 rings (SSSR count). The zero-order valence-corrected chi connectivity index (χ0v) is 12.5. The molecule has 1 fully saturated rings. The summed E-state index contributed by atoms with van der Waals surface area (Å²) in [7, 11) is 0. The van der Waals surface area contributed by atoms with Gasteiger partial charge in [-0.25, -0.2) is 0 Å². The standard InChI is InChI=1S/C16H23N3O2/c1-11-9-16(10-11,14(17)19-21)15(20)18-12(2)8-13-6-4-3-5-7-13/h3-7,11-12,21H,8-10H2,1-2H3,(H2,17,19)(H,18,20). The van der Waals surface area contributed by atoms with E-state index in [-0.39, 0.29) is 17.8 Å². The van der Waals surface area contributed by atoms with Crippen LogP contribution < -0.4 is 11.1 Å². The van der Waals surface area contributed by atoms with Crippen molar-refractivity contribution >= 4 is 11.7 Å². The summed E-state index contributed by atoms with van der Waals surface area (Å²) < 4.78 is 0. The molecule has 0 bridgehead atoms. The lowest BCUT2D eigenvalue weighted by atomic mass is 9.61. The lowest BCUT2D eigenvalue weighted by Gasteiger charge is -2.44. The summed E-state index contributed by atoms with van der Waals surface area (Å²) in [4.78, 5) is 12.5. The van der Waals surface area contributed by atoms with Gasteiger partial charge in [-0.2, -0.15) is 0 Å². The van der Waals surface area contributed by atoms with Crippen molar-refractivity contribution in [2.45, 2.75) is 39.2 Å². The van der Waals surface area contributed by atoms with Gasteiger partial charge in [-0.1, -0.05) is 42.4 Å². The van der Waals surface area contributed by atoms with Crippen LogP contribution in [0.2, 0.25) is 0 Å². The Morgan fingerprint density at radius 1 is 1.48 bits per heavy atom. The number of hydrogen-bond acceptors (Lipinski definition) is 3. The molecule has 1 aromatic rings. The van der Waals surface area contributed by atoms with Gasteiger partial charge in [0.15, 0.2) is 5.84 Å². The van der Waals surface area contributed by atoms with Crippen LogP contribution in [0.1, 0.15) is 32.3 Å². The molecule has 114 valence electrons. The van der Waals surface area contributed by atoms with E-state index in [9.17, 15) is 4.79 Å². The Morgan fingerprint density at radius 2 is 2.10 bits per heavy atom. The number of amidine groups is 1. The minimum absolute atomic E-state index is 0.000765. The first-order valence-corrected chi connectivity index (χ1v) is 7.31. The molecule has 1 unspecified atom stereocenters. The van der Waals surface area contributed by atoms with Gasteiger partial charge < -0.3 is 16.3 Å². The average Bonchev–Trinajstić information content (AvgIpc) is 2.43. The Bertz CT molecular complexity index is 522. The third kappa shape index (κ3) is 3.17. The van der Waals surface area contributed by atoms with Gasteiger partial charge >= 0.3 is 0 Å². The summed E-state index contributed by atoms with van der Waals surface area (Å²) in [6.45, 7) is 4.02. The second kappa shape index (κ2) is 6.16. The van der Waals surface area contributed by atoms with Crippen molar-refractivity contribution in [2.24, 2.45) is 22.2 Å². The van der Waals surface area contributed by atoms with Crippen LogP contribution in [-0.4, -0.2) is 23.0 Å². The maximum atomic E-state index is 12.5. The van der Waals surface area contributed by atoms with E-state index in [1.807, 2.05) is 37.3 Å². The molecule has 5 heteroatoms. The van der Waals surface area contributed by atoms with Crippen molar-refractivity contribution in [1.29, 1.82) is 0 Å². The summed E-state index contributed by atoms with van der Waals surface area (Å²) >= 11 is 0. The zero-order valence-electron chi connectivity index (χ0n) is 12.5. The summed E-state index contributed by atoms with van der Waals surface area (Å²) in [5.41, 5.74) is 6.08. The third-order valence-corrected chi connectivity index (χ3v) is 4.19. The largest absolute Gasteiger partial charge is 0.409 e. The molecular weight excluding hydrogens is 266 g/mol. The molecule has 1 atom stereocenters. The summed E-state index contributed by atoms with van der Waals surface area (Å²) in [6, 6.07) is 10.0. The Morgan fingerprint density at radius 3 is 2.62 bits per heavy atom. The fraction of sp³-hybridized carbons (Fsp3) is 0.500. The van der Waals surface area contributed by atoms with Crippen molar-refractivity contribution in [1.82, 2.24) is 5.32 Å². The molecule has 0 spiro atoms. The first-order chi connectivity index (χ1) is 9.98. The van der Waals surface area contributed by atoms with E-state index in [1.165, 1.54) is 5.56 Å². The molecule has 1 aromatic carbocycles. The van der Waals surface area contributed by atoms with E-state index in [1.54, 1.807) is 0 Å². The van der Waals surface area contributed by atoms with Crippen LogP contribution in [0.5, 0.6) is 0 Å². The number of amides is 1. The van der Waals surface area contributed by atoms with Crippen molar-refractivity contribution in [3.8, 4) is 0 Å². The first kappa shape index (κ1) is 15.4. The molecule has 1 aliphatic rings. The molecule has 4 N–H and O–H groups in total. The van der Waals surface area contributed by atoms with Crippen molar-refractivity contribution in [3.63, 3.8) is 0 Å².